The van der Waals surface area contributed by atoms with Gasteiger partial charge in [0, 0.05) is 18.2 Å². The Hall–Kier alpha value is -2.65. The van der Waals surface area contributed by atoms with Crippen LogP contribution in [-0.4, -0.2) is 103 Å². The van der Waals surface area contributed by atoms with Gasteiger partial charge in [0.2, 0.25) is 0 Å². The summed E-state index contributed by atoms with van der Waals surface area (Å²) in [6.45, 7) is 4.78. The molecule has 33 heavy (non-hydrogen) atoms. The predicted octanol–water partition coefficient (Wildman–Crippen LogP) is -1.84. The minimum Gasteiger partial charge on any atom is -0.460 e. The molecule has 0 aromatic rings. The zero-order chi connectivity index (χ0) is 25.3. The fraction of sp³-hybridized carbons (Fsp3) is 0.550. The van der Waals surface area contributed by atoms with E-state index >= 15 is 0 Å². The van der Waals surface area contributed by atoms with Crippen molar-refractivity contribution in [1.82, 2.24) is 0 Å². The van der Waals surface area contributed by atoms with Crippen LogP contribution in [0.5, 0.6) is 0 Å². The molecular weight excluding hydrogens is 448 g/mol. The average Bonchev–Trinajstić information content (AvgIpc) is 2.82. The molecule has 13 nitrogen and oxygen atoms in total. The van der Waals surface area contributed by atoms with Crippen LogP contribution < -0.4 is 0 Å². The van der Waals surface area contributed by atoms with Crippen LogP contribution in [-0.2, 0) is 42.8 Å². The maximum Gasteiger partial charge on any atom is 0.330 e. The van der Waals surface area contributed by atoms with Crippen molar-refractivity contribution in [3.05, 3.63) is 38.0 Å². The smallest absolute Gasteiger partial charge is 0.330 e. The van der Waals surface area contributed by atoms with E-state index in [0.717, 1.165) is 18.2 Å². The van der Waals surface area contributed by atoms with Gasteiger partial charge in [-0.05, 0) is 0 Å². The second-order valence-corrected chi connectivity index (χ2v) is 6.09. The Morgan fingerprint density at radius 2 is 1.09 bits per heavy atom. The molecule has 13 heteroatoms. The van der Waals surface area contributed by atoms with E-state index in [0.29, 0.717) is 0 Å². The second kappa shape index (κ2) is 16.0. The molecule has 0 fully saturated rings. The number of carbonyl (C=O) groups is 3. The lowest BCUT2D eigenvalue weighted by Gasteiger charge is -2.45. The van der Waals surface area contributed by atoms with Gasteiger partial charge < -0.3 is 48.8 Å². The summed E-state index contributed by atoms with van der Waals surface area (Å²) in [5.74, 6) is -5.26. The molecule has 0 aliphatic rings. The fourth-order valence-corrected chi connectivity index (χ4v) is 2.17. The highest BCUT2D eigenvalue weighted by atomic mass is 16.8. The first-order chi connectivity index (χ1) is 15.7. The quantitative estimate of drug-likeness (QED) is 0.0533. The SMILES string of the molecule is C=CC(=O)OCCOC(O)C(CO)(CO)C(O)(OCCOC(=O)C=C)OCCOC(=O)C=C. The summed E-state index contributed by atoms with van der Waals surface area (Å²) in [7, 11) is 0. The Labute approximate surface area is 190 Å². The van der Waals surface area contributed by atoms with Crippen LogP contribution in [0.3, 0.4) is 0 Å². The summed E-state index contributed by atoms with van der Waals surface area (Å²) in [6.07, 6.45) is 0.561. The van der Waals surface area contributed by atoms with Gasteiger partial charge in [0.05, 0.1) is 33.0 Å². The summed E-state index contributed by atoms with van der Waals surface area (Å²) in [6, 6.07) is 0. The third kappa shape index (κ3) is 9.79. The second-order valence-electron chi connectivity index (χ2n) is 6.09. The van der Waals surface area contributed by atoms with E-state index in [1.165, 1.54) is 0 Å². The van der Waals surface area contributed by atoms with Gasteiger partial charge in [0.25, 0.3) is 5.97 Å². The number of hydrogen-bond acceptors (Lipinski definition) is 13. The largest absolute Gasteiger partial charge is 0.460 e. The number of ether oxygens (including phenoxy) is 6. The van der Waals surface area contributed by atoms with Crippen LogP contribution in [0.25, 0.3) is 0 Å². The molecule has 0 aromatic carbocycles. The summed E-state index contributed by atoms with van der Waals surface area (Å²) in [5, 5.41) is 41.3. The lowest BCUT2D eigenvalue weighted by molar-refractivity contribution is -0.451. The topological polar surface area (TPSA) is 188 Å². The van der Waals surface area contributed by atoms with Gasteiger partial charge in [0.1, 0.15) is 25.2 Å². The van der Waals surface area contributed by atoms with E-state index in [1.54, 1.807) is 0 Å². The van der Waals surface area contributed by atoms with Crippen LogP contribution in [0.2, 0.25) is 0 Å². The first kappa shape index (κ1) is 30.4. The van der Waals surface area contributed by atoms with Crippen molar-refractivity contribution in [2.45, 2.75) is 12.3 Å². The Morgan fingerprint density at radius 3 is 1.42 bits per heavy atom. The highest BCUT2D eigenvalue weighted by molar-refractivity contribution is 5.81. The van der Waals surface area contributed by atoms with Crippen molar-refractivity contribution in [2.24, 2.45) is 5.41 Å². The van der Waals surface area contributed by atoms with Crippen LogP contribution >= 0.6 is 0 Å². The molecule has 1 atom stereocenters. The first-order valence-electron chi connectivity index (χ1n) is 9.55. The molecule has 0 aromatic heterocycles. The molecule has 0 amide bonds. The van der Waals surface area contributed by atoms with E-state index in [2.05, 4.69) is 24.5 Å². The molecule has 0 aliphatic carbocycles. The predicted molar refractivity (Wildman–Crippen MR) is 109 cm³/mol. The Kier molecular flexibility index (Phi) is 14.8. The summed E-state index contributed by atoms with van der Waals surface area (Å²) in [4.78, 5) is 33.3. The molecule has 0 heterocycles. The summed E-state index contributed by atoms with van der Waals surface area (Å²) in [5.41, 5.74) is -2.42. The zero-order valence-electron chi connectivity index (χ0n) is 18.1. The van der Waals surface area contributed by atoms with Gasteiger partial charge in [-0.2, -0.15) is 0 Å². The Morgan fingerprint density at radius 1 is 0.727 bits per heavy atom. The van der Waals surface area contributed by atoms with Gasteiger partial charge in [0.15, 0.2) is 6.29 Å². The molecule has 1 unspecified atom stereocenters. The standard InChI is InChI=1S/C20H30O13/c1-4-15(23)28-7-8-31-18(26)19(13-21,14-22)20(27,32-11-9-29-16(24)5-2)33-12-10-30-17(25)6-3/h4-6,18,21-22,26-27H,1-3,7-14H2. The maximum atomic E-state index is 11.1. The van der Waals surface area contributed by atoms with Crippen molar-refractivity contribution >= 4 is 17.9 Å². The molecule has 0 spiro atoms. The maximum absolute atomic E-state index is 11.1. The van der Waals surface area contributed by atoms with Gasteiger partial charge >= 0.3 is 17.9 Å². The number of aliphatic hydroxyl groups is 4. The molecule has 0 saturated carbocycles. The third-order valence-electron chi connectivity index (χ3n) is 4.02. The van der Waals surface area contributed by atoms with Crippen molar-refractivity contribution in [2.75, 3.05) is 52.9 Å². The van der Waals surface area contributed by atoms with Crippen molar-refractivity contribution in [1.29, 1.82) is 0 Å². The normalized spacial score (nSPS) is 12.4. The van der Waals surface area contributed by atoms with Crippen LogP contribution in [0.15, 0.2) is 38.0 Å². The molecular formula is C20H30O13. The molecule has 0 rings (SSSR count). The zero-order valence-corrected chi connectivity index (χ0v) is 18.1. The van der Waals surface area contributed by atoms with Gasteiger partial charge in [-0.15, -0.1) is 0 Å². The van der Waals surface area contributed by atoms with Gasteiger partial charge in [-0.25, -0.2) is 14.4 Å². The average molecular weight is 478 g/mol. The number of hydrogen-bond donors (Lipinski definition) is 4. The summed E-state index contributed by atoms with van der Waals surface area (Å²) >= 11 is 0. The van der Waals surface area contributed by atoms with E-state index in [9.17, 15) is 34.8 Å². The number of rotatable bonds is 19. The number of carbonyl (C=O) groups excluding carboxylic acids is 3. The van der Waals surface area contributed by atoms with Crippen LogP contribution in [0, 0.1) is 5.41 Å². The van der Waals surface area contributed by atoms with E-state index in [4.69, 9.17) is 23.7 Å². The molecule has 4 N–H and O–H groups in total. The highest BCUT2D eigenvalue weighted by Crippen LogP contribution is 2.37. The minimum atomic E-state index is -2.94. The van der Waals surface area contributed by atoms with E-state index in [-0.39, 0.29) is 6.61 Å². The van der Waals surface area contributed by atoms with Gasteiger partial charge in [-0.3, -0.25) is 0 Å². The third-order valence-corrected chi connectivity index (χ3v) is 4.02. The lowest BCUT2D eigenvalue weighted by atomic mass is 9.85. The van der Waals surface area contributed by atoms with Crippen LogP contribution in [0.1, 0.15) is 0 Å². The first-order valence-corrected chi connectivity index (χ1v) is 9.55. The highest BCUT2D eigenvalue weighted by Gasteiger charge is 2.59. The lowest BCUT2D eigenvalue weighted by Crippen LogP contribution is -2.63. The van der Waals surface area contributed by atoms with E-state index in [1.807, 2.05) is 0 Å². The Bertz CT molecular complexity index is 628. The van der Waals surface area contributed by atoms with Gasteiger partial charge in [-0.1, -0.05) is 19.7 Å². The number of esters is 3. The molecule has 0 radical (unpaired) electrons. The summed E-state index contributed by atoms with van der Waals surface area (Å²) < 4.78 is 29.5. The fourth-order valence-electron chi connectivity index (χ4n) is 2.17. The molecule has 0 saturated heterocycles. The van der Waals surface area contributed by atoms with Crippen molar-refractivity contribution in [3.63, 3.8) is 0 Å². The molecule has 0 aliphatic heterocycles. The van der Waals surface area contributed by atoms with Crippen molar-refractivity contribution in [3.8, 4) is 0 Å². The molecule has 0 bridgehead atoms. The van der Waals surface area contributed by atoms with Crippen LogP contribution in [0.4, 0.5) is 0 Å². The monoisotopic (exact) mass is 478 g/mol. The minimum absolute atomic E-state index is 0.329. The molecule has 188 valence electrons. The van der Waals surface area contributed by atoms with E-state index < -0.39 is 81.8 Å². The Balaban J connectivity index is 5.43. The number of aliphatic hydroxyl groups excluding tert-OH is 3. The van der Waals surface area contributed by atoms with Crippen molar-refractivity contribution < 1.29 is 63.2 Å².